The molecular weight excluding hydrogens is 149 g/mol. The summed E-state index contributed by atoms with van der Waals surface area (Å²) in [6.45, 7) is -4.56. The van der Waals surface area contributed by atoms with Crippen LogP contribution in [0.5, 0.6) is 0 Å². The Balaban J connectivity index is 4.31. The predicted molar refractivity (Wildman–Crippen MR) is 28.0 cm³/mol. The molecule has 0 unspecified atom stereocenters. The summed E-state index contributed by atoms with van der Waals surface area (Å²) in [4.78, 5) is 9.99. The molecule has 10 heavy (non-hydrogen) atoms. The number of carbonyl (C=O) groups is 1. The minimum atomic E-state index is -2.46. The van der Waals surface area contributed by atoms with Crippen molar-refractivity contribution in [2.75, 3.05) is 20.0 Å². The van der Waals surface area contributed by atoms with Gasteiger partial charge in [-0.25, -0.2) is 13.2 Å². The number of rotatable bonds is 4. The van der Waals surface area contributed by atoms with Crippen molar-refractivity contribution in [2.45, 2.75) is 0 Å². The lowest BCUT2D eigenvalue weighted by molar-refractivity contribution is -0.152. The molecule has 0 aromatic rings. The molecule has 0 bridgehead atoms. The number of hydrogen-bond acceptors (Lipinski definition) is 1. The molecule has 0 aliphatic heterocycles. The third kappa shape index (κ3) is 1.40. The van der Waals surface area contributed by atoms with Crippen LogP contribution in [0.25, 0.3) is 0 Å². The van der Waals surface area contributed by atoms with Gasteiger partial charge in [0.25, 0.3) is 0 Å². The van der Waals surface area contributed by atoms with Crippen LogP contribution in [0.1, 0.15) is 0 Å². The zero-order chi connectivity index (χ0) is 8.20. The van der Waals surface area contributed by atoms with Gasteiger partial charge >= 0.3 is 5.97 Å². The van der Waals surface area contributed by atoms with E-state index in [1.54, 1.807) is 0 Å². The molecule has 0 amide bonds. The number of alkyl halides is 3. The van der Waals surface area contributed by atoms with E-state index in [-0.39, 0.29) is 0 Å². The van der Waals surface area contributed by atoms with Gasteiger partial charge in [-0.1, -0.05) is 0 Å². The van der Waals surface area contributed by atoms with Crippen LogP contribution in [0.2, 0.25) is 0 Å². The van der Waals surface area contributed by atoms with Gasteiger partial charge in [-0.2, -0.15) is 0 Å². The summed E-state index contributed by atoms with van der Waals surface area (Å²) in [5, 5.41) is 8.10. The third-order valence-corrected chi connectivity index (χ3v) is 1.22. The van der Waals surface area contributed by atoms with Crippen molar-refractivity contribution in [3.63, 3.8) is 0 Å². The van der Waals surface area contributed by atoms with Crippen LogP contribution in [0.4, 0.5) is 13.2 Å². The van der Waals surface area contributed by atoms with E-state index in [4.69, 9.17) is 5.11 Å². The van der Waals surface area contributed by atoms with Gasteiger partial charge in [-0.05, 0) is 0 Å². The van der Waals surface area contributed by atoms with E-state index in [1.165, 1.54) is 0 Å². The summed E-state index contributed by atoms with van der Waals surface area (Å²) in [6, 6.07) is 0. The fourth-order valence-corrected chi connectivity index (χ4v) is 0.279. The molecule has 0 aliphatic carbocycles. The van der Waals surface area contributed by atoms with E-state index >= 15 is 0 Å². The second kappa shape index (κ2) is 3.43. The van der Waals surface area contributed by atoms with Crippen LogP contribution in [-0.4, -0.2) is 31.1 Å². The first kappa shape index (κ1) is 9.26. The number of aliphatic carboxylic acids is 1. The smallest absolute Gasteiger partial charge is 0.317 e. The molecule has 0 saturated heterocycles. The highest BCUT2D eigenvalue weighted by Crippen LogP contribution is 2.19. The molecule has 60 valence electrons. The molecule has 0 rings (SSSR count). The predicted octanol–water partition coefficient (Wildman–Crippen LogP) is 0.966. The molecule has 0 radical (unpaired) electrons. The summed E-state index contributed by atoms with van der Waals surface area (Å²) in [6.07, 6.45) is 0. The van der Waals surface area contributed by atoms with E-state index < -0.39 is 31.4 Å². The Morgan fingerprint density at radius 1 is 1.20 bits per heavy atom. The van der Waals surface area contributed by atoms with Gasteiger partial charge in [0.05, 0.1) is 0 Å². The maximum atomic E-state index is 11.7. The quantitative estimate of drug-likeness (QED) is 0.658. The van der Waals surface area contributed by atoms with Gasteiger partial charge in [-0.15, -0.1) is 0 Å². The fraction of sp³-hybridized carbons (Fsp3) is 0.800. The van der Waals surface area contributed by atoms with Gasteiger partial charge in [0.2, 0.25) is 0 Å². The Morgan fingerprint density at radius 2 is 1.50 bits per heavy atom. The highest BCUT2D eigenvalue weighted by atomic mass is 19.1. The first-order valence-corrected chi connectivity index (χ1v) is 2.54. The van der Waals surface area contributed by atoms with Gasteiger partial charge in [0.15, 0.2) is 5.41 Å². The summed E-state index contributed by atoms with van der Waals surface area (Å²) >= 11 is 0. The van der Waals surface area contributed by atoms with Crippen LogP contribution in [0.3, 0.4) is 0 Å². The van der Waals surface area contributed by atoms with E-state index in [0.29, 0.717) is 0 Å². The number of carboxylic acids is 1. The topological polar surface area (TPSA) is 37.3 Å². The first-order chi connectivity index (χ1) is 4.63. The second-order valence-corrected chi connectivity index (χ2v) is 1.99. The fourth-order valence-electron chi connectivity index (χ4n) is 0.279. The Kier molecular flexibility index (Phi) is 3.18. The SMILES string of the molecule is O=C(O)C(CF)(CF)CF. The number of hydrogen-bond donors (Lipinski definition) is 1. The molecule has 0 spiro atoms. The largest absolute Gasteiger partial charge is 0.481 e. The van der Waals surface area contributed by atoms with E-state index in [2.05, 4.69) is 0 Å². The van der Waals surface area contributed by atoms with Crippen LogP contribution < -0.4 is 0 Å². The Hall–Kier alpha value is -0.740. The third-order valence-electron chi connectivity index (χ3n) is 1.22. The average Bonchev–Trinajstić information content (AvgIpc) is 1.92. The number of halogens is 3. The molecule has 5 heteroatoms. The summed E-state index contributed by atoms with van der Waals surface area (Å²) in [7, 11) is 0. The maximum Gasteiger partial charge on any atom is 0.317 e. The summed E-state index contributed by atoms with van der Waals surface area (Å²) < 4.78 is 35.1. The van der Waals surface area contributed by atoms with Crippen molar-refractivity contribution < 1.29 is 23.1 Å². The molecule has 0 aliphatic rings. The molecule has 0 saturated carbocycles. The van der Waals surface area contributed by atoms with Crippen molar-refractivity contribution in [3.8, 4) is 0 Å². The molecule has 0 aromatic heterocycles. The second-order valence-electron chi connectivity index (χ2n) is 1.99. The van der Waals surface area contributed by atoms with Crippen molar-refractivity contribution in [1.82, 2.24) is 0 Å². The standard InChI is InChI=1S/C5H7F3O2/c6-1-5(2-7,3-8)4(9)10/h1-3H2,(H,9,10). The average molecular weight is 156 g/mol. The zero-order valence-electron chi connectivity index (χ0n) is 5.11. The van der Waals surface area contributed by atoms with Gasteiger partial charge in [-0.3, -0.25) is 4.79 Å². The molecule has 2 nitrogen and oxygen atoms in total. The van der Waals surface area contributed by atoms with Gasteiger partial charge in [0, 0.05) is 0 Å². The summed E-state index contributed by atoms with van der Waals surface area (Å²) in [5.74, 6) is -1.78. The normalized spacial score (nSPS) is 11.5. The highest BCUT2D eigenvalue weighted by Gasteiger charge is 2.39. The van der Waals surface area contributed by atoms with E-state index in [1.807, 2.05) is 0 Å². The molecule has 1 N–H and O–H groups in total. The van der Waals surface area contributed by atoms with Crippen LogP contribution in [-0.2, 0) is 4.79 Å². The van der Waals surface area contributed by atoms with Crippen molar-refractivity contribution >= 4 is 5.97 Å². The summed E-state index contributed by atoms with van der Waals surface area (Å²) in [5.41, 5.74) is -2.46. The Labute approximate surface area is 55.7 Å². The van der Waals surface area contributed by atoms with Gasteiger partial charge in [0.1, 0.15) is 20.0 Å². The number of carboxylic acid groups (broad SMARTS) is 1. The lowest BCUT2D eigenvalue weighted by Gasteiger charge is -2.17. The molecule has 0 heterocycles. The van der Waals surface area contributed by atoms with Gasteiger partial charge < -0.3 is 5.11 Å². The van der Waals surface area contributed by atoms with Crippen molar-refractivity contribution in [2.24, 2.45) is 5.41 Å². The lowest BCUT2D eigenvalue weighted by atomic mass is 9.94. The van der Waals surface area contributed by atoms with Crippen molar-refractivity contribution in [3.05, 3.63) is 0 Å². The first-order valence-electron chi connectivity index (χ1n) is 2.54. The Morgan fingerprint density at radius 3 is 1.50 bits per heavy atom. The van der Waals surface area contributed by atoms with Crippen molar-refractivity contribution in [1.29, 1.82) is 0 Å². The monoisotopic (exact) mass is 156 g/mol. The van der Waals surface area contributed by atoms with Crippen LogP contribution >= 0.6 is 0 Å². The van der Waals surface area contributed by atoms with E-state index in [0.717, 1.165) is 0 Å². The van der Waals surface area contributed by atoms with Crippen LogP contribution in [0.15, 0.2) is 0 Å². The lowest BCUT2D eigenvalue weighted by Crippen LogP contribution is -2.37. The minimum Gasteiger partial charge on any atom is -0.481 e. The maximum absolute atomic E-state index is 11.7. The molecule has 0 atom stereocenters. The molecular formula is C5H7F3O2. The van der Waals surface area contributed by atoms with E-state index in [9.17, 15) is 18.0 Å². The van der Waals surface area contributed by atoms with Crippen LogP contribution in [0, 0.1) is 5.41 Å². The zero-order valence-corrected chi connectivity index (χ0v) is 5.11. The molecule has 0 fully saturated rings. The minimum absolute atomic E-state index is 1.52. The Bertz CT molecular complexity index is 114. The molecule has 0 aromatic carbocycles. The highest BCUT2D eigenvalue weighted by molar-refractivity contribution is 5.75.